The van der Waals surface area contributed by atoms with Crippen molar-refractivity contribution in [3.05, 3.63) is 63.0 Å². The first-order valence-electron chi connectivity index (χ1n) is 9.48. The van der Waals surface area contributed by atoms with Crippen LogP contribution in [0.2, 0.25) is 10.0 Å². The van der Waals surface area contributed by atoms with Crippen LogP contribution >= 0.6 is 34.5 Å². The summed E-state index contributed by atoms with van der Waals surface area (Å²) in [6.07, 6.45) is 4.08. The first-order chi connectivity index (χ1) is 14.0. The van der Waals surface area contributed by atoms with Crippen molar-refractivity contribution in [1.82, 2.24) is 4.98 Å². The fraction of sp³-hybridized carbons (Fsp3) is 0.273. The summed E-state index contributed by atoms with van der Waals surface area (Å²) < 4.78 is 0. The van der Waals surface area contributed by atoms with Gasteiger partial charge in [0.15, 0.2) is 17.9 Å². The summed E-state index contributed by atoms with van der Waals surface area (Å²) >= 11 is 13.4. The summed E-state index contributed by atoms with van der Waals surface area (Å²) in [6.45, 7) is 1.75. The standard InChI is InChI=1S/C22H20Cl2N2O2S/c23-17-11-16(12-18(24)20(17)28)22-25-21(19(13-27)29-22)26-8-6-15(7-9-26)10-14-4-2-1-3-5-14/h1-5,11-13,15,28H,6-10H2. The highest BCUT2D eigenvalue weighted by molar-refractivity contribution is 7.17. The Morgan fingerprint density at radius 3 is 2.41 bits per heavy atom. The van der Waals surface area contributed by atoms with Gasteiger partial charge < -0.3 is 10.0 Å². The van der Waals surface area contributed by atoms with E-state index in [2.05, 4.69) is 29.2 Å². The van der Waals surface area contributed by atoms with Crippen molar-refractivity contribution in [3.63, 3.8) is 0 Å². The van der Waals surface area contributed by atoms with Gasteiger partial charge in [0.1, 0.15) is 9.88 Å². The lowest BCUT2D eigenvalue weighted by Gasteiger charge is -2.32. The number of hydrogen-bond donors (Lipinski definition) is 1. The molecule has 0 amide bonds. The van der Waals surface area contributed by atoms with Gasteiger partial charge in [0.2, 0.25) is 0 Å². The Hall–Kier alpha value is -2.08. The third-order valence-electron chi connectivity index (χ3n) is 5.29. The van der Waals surface area contributed by atoms with Gasteiger partial charge in [-0.15, -0.1) is 11.3 Å². The van der Waals surface area contributed by atoms with Gasteiger partial charge in [-0.25, -0.2) is 4.98 Å². The van der Waals surface area contributed by atoms with Crippen LogP contribution in [0.15, 0.2) is 42.5 Å². The molecule has 0 atom stereocenters. The molecule has 0 spiro atoms. The van der Waals surface area contributed by atoms with Crippen molar-refractivity contribution in [2.45, 2.75) is 19.3 Å². The van der Waals surface area contributed by atoms with E-state index >= 15 is 0 Å². The van der Waals surface area contributed by atoms with Crippen molar-refractivity contribution in [1.29, 1.82) is 0 Å². The van der Waals surface area contributed by atoms with E-state index in [4.69, 9.17) is 28.2 Å². The Balaban J connectivity index is 1.50. The van der Waals surface area contributed by atoms with Gasteiger partial charge in [0.25, 0.3) is 0 Å². The highest BCUT2D eigenvalue weighted by atomic mass is 35.5. The van der Waals surface area contributed by atoms with E-state index < -0.39 is 0 Å². The van der Waals surface area contributed by atoms with Gasteiger partial charge in [-0.2, -0.15) is 0 Å². The summed E-state index contributed by atoms with van der Waals surface area (Å²) in [6, 6.07) is 13.8. The van der Waals surface area contributed by atoms with Gasteiger partial charge in [-0.3, -0.25) is 4.79 Å². The molecule has 0 saturated carbocycles. The molecule has 2 heterocycles. The van der Waals surface area contributed by atoms with Crippen molar-refractivity contribution in [2.24, 2.45) is 5.92 Å². The minimum Gasteiger partial charge on any atom is -0.505 e. The average Bonchev–Trinajstić information content (AvgIpc) is 3.17. The number of anilines is 1. The number of aldehydes is 1. The Morgan fingerprint density at radius 1 is 1.14 bits per heavy atom. The summed E-state index contributed by atoms with van der Waals surface area (Å²) in [7, 11) is 0. The van der Waals surface area contributed by atoms with E-state index in [1.165, 1.54) is 16.9 Å². The minimum absolute atomic E-state index is 0.148. The molecule has 4 rings (SSSR count). The molecular weight excluding hydrogens is 427 g/mol. The second-order valence-corrected chi connectivity index (χ2v) is 9.08. The molecule has 0 bridgehead atoms. The predicted octanol–water partition coefficient (Wildman–Crippen LogP) is 6.09. The van der Waals surface area contributed by atoms with E-state index in [1.807, 2.05) is 6.07 Å². The van der Waals surface area contributed by atoms with E-state index in [9.17, 15) is 9.90 Å². The maximum Gasteiger partial charge on any atom is 0.163 e. The smallest absolute Gasteiger partial charge is 0.163 e. The lowest BCUT2D eigenvalue weighted by atomic mass is 9.90. The zero-order valence-corrected chi connectivity index (χ0v) is 18.0. The zero-order chi connectivity index (χ0) is 20.4. The number of carbonyl (C=O) groups excluding carboxylic acids is 1. The highest BCUT2D eigenvalue weighted by Crippen LogP contribution is 2.40. The Morgan fingerprint density at radius 2 is 1.79 bits per heavy atom. The number of phenolic OH excluding ortho intramolecular Hbond substituents is 1. The molecule has 1 fully saturated rings. The number of piperidine rings is 1. The molecule has 4 nitrogen and oxygen atoms in total. The lowest BCUT2D eigenvalue weighted by Crippen LogP contribution is -2.35. The largest absolute Gasteiger partial charge is 0.505 e. The van der Waals surface area contributed by atoms with E-state index in [0.29, 0.717) is 21.4 Å². The predicted molar refractivity (Wildman–Crippen MR) is 120 cm³/mol. The van der Waals surface area contributed by atoms with Gasteiger partial charge in [-0.1, -0.05) is 53.5 Å². The lowest BCUT2D eigenvalue weighted by molar-refractivity contribution is 0.112. The van der Waals surface area contributed by atoms with Gasteiger partial charge >= 0.3 is 0 Å². The summed E-state index contributed by atoms with van der Waals surface area (Å²) in [5, 5.41) is 10.8. The van der Waals surface area contributed by atoms with Crippen LogP contribution in [0.1, 0.15) is 28.1 Å². The SMILES string of the molecule is O=Cc1sc(-c2cc(Cl)c(O)c(Cl)c2)nc1N1CCC(Cc2ccccc2)CC1. The number of phenols is 1. The summed E-state index contributed by atoms with van der Waals surface area (Å²) in [5.41, 5.74) is 2.06. The Bertz CT molecular complexity index is 992. The third kappa shape index (κ3) is 4.42. The van der Waals surface area contributed by atoms with Crippen LogP contribution in [0, 0.1) is 5.92 Å². The second-order valence-electron chi connectivity index (χ2n) is 7.23. The number of benzene rings is 2. The molecule has 0 aliphatic carbocycles. The number of aromatic nitrogens is 1. The van der Waals surface area contributed by atoms with Crippen LogP contribution in [-0.2, 0) is 6.42 Å². The van der Waals surface area contributed by atoms with Crippen LogP contribution < -0.4 is 4.90 Å². The number of thiazole rings is 1. The number of aromatic hydroxyl groups is 1. The number of nitrogens with zero attached hydrogens (tertiary/aromatic N) is 2. The van der Waals surface area contributed by atoms with Crippen molar-refractivity contribution in [2.75, 3.05) is 18.0 Å². The maximum atomic E-state index is 11.7. The normalized spacial score (nSPS) is 14.9. The van der Waals surface area contributed by atoms with Gasteiger partial charge in [0, 0.05) is 18.7 Å². The molecule has 1 saturated heterocycles. The zero-order valence-electron chi connectivity index (χ0n) is 15.6. The third-order valence-corrected chi connectivity index (χ3v) is 6.88. The van der Waals surface area contributed by atoms with Crippen LogP contribution in [-0.4, -0.2) is 29.5 Å². The molecule has 1 aliphatic rings. The first-order valence-corrected chi connectivity index (χ1v) is 11.1. The van der Waals surface area contributed by atoms with E-state index in [0.717, 1.165) is 44.5 Å². The van der Waals surface area contributed by atoms with Crippen molar-refractivity contribution >= 4 is 46.6 Å². The van der Waals surface area contributed by atoms with Crippen LogP contribution in [0.3, 0.4) is 0 Å². The fourth-order valence-electron chi connectivity index (χ4n) is 3.74. The minimum atomic E-state index is -0.148. The van der Waals surface area contributed by atoms with Crippen LogP contribution in [0.5, 0.6) is 5.75 Å². The van der Waals surface area contributed by atoms with Crippen molar-refractivity contribution < 1.29 is 9.90 Å². The quantitative estimate of drug-likeness (QED) is 0.481. The van der Waals surface area contributed by atoms with E-state index in [-0.39, 0.29) is 15.8 Å². The molecule has 1 aliphatic heterocycles. The Labute approximate surface area is 183 Å². The summed E-state index contributed by atoms with van der Waals surface area (Å²) in [4.78, 5) is 19.2. The fourth-order valence-corrected chi connectivity index (χ4v) is 5.11. The first kappa shape index (κ1) is 20.2. The molecular formula is C22H20Cl2N2O2S. The number of rotatable bonds is 5. The number of halogens is 2. The molecule has 1 N–H and O–H groups in total. The monoisotopic (exact) mass is 446 g/mol. The molecule has 0 unspecified atom stereocenters. The molecule has 2 aromatic carbocycles. The number of hydrogen-bond acceptors (Lipinski definition) is 5. The second kappa shape index (κ2) is 8.74. The summed E-state index contributed by atoms with van der Waals surface area (Å²) in [5.74, 6) is 1.21. The molecule has 1 aromatic heterocycles. The molecule has 29 heavy (non-hydrogen) atoms. The highest BCUT2D eigenvalue weighted by Gasteiger charge is 2.24. The van der Waals surface area contributed by atoms with Gasteiger partial charge in [-0.05, 0) is 42.9 Å². The Kier molecular flexibility index (Phi) is 6.09. The van der Waals surface area contributed by atoms with E-state index in [1.54, 1.807) is 12.1 Å². The topological polar surface area (TPSA) is 53.4 Å². The van der Waals surface area contributed by atoms with Gasteiger partial charge in [0.05, 0.1) is 10.0 Å². The molecule has 3 aromatic rings. The molecule has 150 valence electrons. The van der Waals surface area contributed by atoms with Crippen LogP contribution in [0.4, 0.5) is 5.82 Å². The number of carbonyl (C=O) groups is 1. The maximum absolute atomic E-state index is 11.7. The average molecular weight is 447 g/mol. The molecule has 7 heteroatoms. The molecule has 0 radical (unpaired) electrons. The van der Waals surface area contributed by atoms with Crippen molar-refractivity contribution in [3.8, 4) is 16.3 Å². The van der Waals surface area contributed by atoms with Crippen LogP contribution in [0.25, 0.3) is 10.6 Å².